The predicted octanol–water partition coefficient (Wildman–Crippen LogP) is 0.588. The van der Waals surface area contributed by atoms with Crippen LogP contribution in [0.4, 0.5) is 0 Å². The van der Waals surface area contributed by atoms with Gasteiger partial charge in [-0.15, -0.1) is 0 Å². The van der Waals surface area contributed by atoms with Gasteiger partial charge in [0.15, 0.2) is 0 Å². The van der Waals surface area contributed by atoms with Crippen molar-refractivity contribution >= 4 is 0 Å². The Kier molecular flexibility index (Phi) is 3.19. The SMILES string of the molecule is NCC1CCN1CCC1CCCO1. The number of likely N-dealkylation sites (tertiary alicyclic amines) is 1. The van der Waals surface area contributed by atoms with Gasteiger partial charge in [-0.25, -0.2) is 0 Å². The van der Waals surface area contributed by atoms with Gasteiger partial charge in [0.25, 0.3) is 0 Å². The number of nitrogens with zero attached hydrogens (tertiary/aromatic N) is 1. The minimum atomic E-state index is 0.541. The Hall–Kier alpha value is -0.120. The molecule has 0 aliphatic carbocycles. The zero-order chi connectivity index (χ0) is 9.10. The van der Waals surface area contributed by atoms with Crippen molar-refractivity contribution in [2.75, 3.05) is 26.2 Å². The number of rotatable bonds is 4. The molecule has 2 N–H and O–H groups in total. The fourth-order valence-electron chi connectivity index (χ4n) is 2.24. The molecule has 2 saturated heterocycles. The van der Waals surface area contributed by atoms with Crippen molar-refractivity contribution < 1.29 is 4.74 Å². The highest BCUT2D eigenvalue weighted by Crippen LogP contribution is 2.20. The van der Waals surface area contributed by atoms with Crippen LogP contribution in [-0.2, 0) is 4.74 Å². The molecule has 76 valence electrons. The van der Waals surface area contributed by atoms with Crippen LogP contribution in [0.15, 0.2) is 0 Å². The lowest BCUT2D eigenvalue weighted by Crippen LogP contribution is -2.52. The number of nitrogens with two attached hydrogens (primary N) is 1. The molecule has 0 radical (unpaired) electrons. The summed E-state index contributed by atoms with van der Waals surface area (Å²) in [5.74, 6) is 0. The molecule has 0 spiro atoms. The maximum Gasteiger partial charge on any atom is 0.0588 e. The van der Waals surface area contributed by atoms with Crippen molar-refractivity contribution in [3.63, 3.8) is 0 Å². The number of hydrogen-bond acceptors (Lipinski definition) is 3. The smallest absolute Gasteiger partial charge is 0.0588 e. The van der Waals surface area contributed by atoms with E-state index in [2.05, 4.69) is 4.90 Å². The zero-order valence-electron chi connectivity index (χ0n) is 8.24. The summed E-state index contributed by atoms with van der Waals surface area (Å²) in [7, 11) is 0. The minimum absolute atomic E-state index is 0.541. The van der Waals surface area contributed by atoms with Crippen molar-refractivity contribution in [3.05, 3.63) is 0 Å². The standard InChI is InChI=1S/C10H20N2O/c11-8-9-3-5-12(9)6-4-10-2-1-7-13-10/h9-10H,1-8,11H2. The Bertz CT molecular complexity index is 155. The van der Waals surface area contributed by atoms with E-state index in [4.69, 9.17) is 10.5 Å². The molecule has 2 aliphatic heterocycles. The molecule has 2 heterocycles. The first-order valence-corrected chi connectivity index (χ1v) is 5.46. The summed E-state index contributed by atoms with van der Waals surface area (Å²) < 4.78 is 5.58. The van der Waals surface area contributed by atoms with Gasteiger partial charge in [0.1, 0.15) is 0 Å². The van der Waals surface area contributed by atoms with Crippen LogP contribution < -0.4 is 5.73 Å². The van der Waals surface area contributed by atoms with E-state index in [0.29, 0.717) is 12.1 Å². The fourth-order valence-corrected chi connectivity index (χ4v) is 2.24. The van der Waals surface area contributed by atoms with Gasteiger partial charge in [-0.1, -0.05) is 0 Å². The van der Waals surface area contributed by atoms with E-state index >= 15 is 0 Å². The first kappa shape index (κ1) is 9.44. The predicted molar refractivity (Wildman–Crippen MR) is 52.6 cm³/mol. The van der Waals surface area contributed by atoms with E-state index < -0.39 is 0 Å². The lowest BCUT2D eigenvalue weighted by atomic mass is 10.0. The van der Waals surface area contributed by atoms with Gasteiger partial charge >= 0.3 is 0 Å². The van der Waals surface area contributed by atoms with Gasteiger partial charge in [0.2, 0.25) is 0 Å². The maximum atomic E-state index is 5.64. The molecule has 13 heavy (non-hydrogen) atoms. The van der Waals surface area contributed by atoms with Crippen molar-refractivity contribution in [3.8, 4) is 0 Å². The van der Waals surface area contributed by atoms with Crippen LogP contribution in [0, 0.1) is 0 Å². The highest BCUT2D eigenvalue weighted by Gasteiger charge is 2.27. The molecule has 2 rings (SSSR count). The van der Waals surface area contributed by atoms with Crippen molar-refractivity contribution in [1.82, 2.24) is 4.90 Å². The Morgan fingerprint density at radius 1 is 1.38 bits per heavy atom. The van der Waals surface area contributed by atoms with E-state index in [1.165, 1.54) is 38.8 Å². The monoisotopic (exact) mass is 184 g/mol. The van der Waals surface area contributed by atoms with E-state index in [0.717, 1.165) is 13.2 Å². The van der Waals surface area contributed by atoms with Gasteiger partial charge in [0.05, 0.1) is 6.10 Å². The molecule has 3 heteroatoms. The van der Waals surface area contributed by atoms with Crippen molar-refractivity contribution in [1.29, 1.82) is 0 Å². The second-order valence-corrected chi connectivity index (χ2v) is 4.14. The lowest BCUT2D eigenvalue weighted by Gasteiger charge is -2.40. The van der Waals surface area contributed by atoms with Crippen LogP contribution in [-0.4, -0.2) is 43.3 Å². The summed E-state index contributed by atoms with van der Waals surface area (Å²) in [6, 6.07) is 0.668. The summed E-state index contributed by atoms with van der Waals surface area (Å²) in [6.07, 6.45) is 5.56. The molecular formula is C10H20N2O. The van der Waals surface area contributed by atoms with Gasteiger partial charge in [0, 0.05) is 32.3 Å². The Morgan fingerprint density at radius 3 is 2.85 bits per heavy atom. The topological polar surface area (TPSA) is 38.5 Å². The molecule has 3 nitrogen and oxygen atoms in total. The highest BCUT2D eigenvalue weighted by atomic mass is 16.5. The molecule has 2 unspecified atom stereocenters. The Morgan fingerprint density at radius 2 is 2.31 bits per heavy atom. The van der Waals surface area contributed by atoms with Gasteiger partial charge in [-0.3, -0.25) is 4.90 Å². The molecule has 2 atom stereocenters. The second kappa shape index (κ2) is 4.40. The molecule has 0 aromatic carbocycles. The Labute approximate surface area is 80.2 Å². The molecule has 0 aromatic heterocycles. The first-order chi connectivity index (χ1) is 6.40. The van der Waals surface area contributed by atoms with E-state index in [-0.39, 0.29) is 0 Å². The summed E-state index contributed by atoms with van der Waals surface area (Å²) in [5, 5.41) is 0. The quantitative estimate of drug-likeness (QED) is 0.695. The molecule has 2 fully saturated rings. The third-order valence-corrected chi connectivity index (χ3v) is 3.30. The van der Waals surface area contributed by atoms with Gasteiger partial charge in [-0.2, -0.15) is 0 Å². The third-order valence-electron chi connectivity index (χ3n) is 3.30. The van der Waals surface area contributed by atoms with Crippen molar-refractivity contribution in [2.24, 2.45) is 5.73 Å². The largest absolute Gasteiger partial charge is 0.378 e. The summed E-state index contributed by atoms with van der Waals surface area (Å²) in [5.41, 5.74) is 5.64. The van der Waals surface area contributed by atoms with E-state index in [1.807, 2.05) is 0 Å². The Balaban J connectivity index is 1.61. The second-order valence-electron chi connectivity index (χ2n) is 4.14. The molecule has 0 bridgehead atoms. The van der Waals surface area contributed by atoms with Gasteiger partial charge < -0.3 is 10.5 Å². The average molecular weight is 184 g/mol. The normalized spacial score (nSPS) is 34.8. The zero-order valence-corrected chi connectivity index (χ0v) is 8.24. The van der Waals surface area contributed by atoms with E-state index in [9.17, 15) is 0 Å². The molecule has 0 saturated carbocycles. The highest BCUT2D eigenvalue weighted by molar-refractivity contribution is 4.83. The summed E-state index contributed by atoms with van der Waals surface area (Å²) in [4.78, 5) is 2.49. The molecular weight excluding hydrogens is 164 g/mol. The minimum Gasteiger partial charge on any atom is -0.378 e. The average Bonchev–Trinajstić information content (AvgIpc) is 2.56. The molecule has 0 amide bonds. The fraction of sp³-hybridized carbons (Fsp3) is 1.00. The third kappa shape index (κ3) is 2.22. The first-order valence-electron chi connectivity index (χ1n) is 5.46. The van der Waals surface area contributed by atoms with E-state index in [1.54, 1.807) is 0 Å². The van der Waals surface area contributed by atoms with Crippen LogP contribution >= 0.6 is 0 Å². The lowest BCUT2D eigenvalue weighted by molar-refractivity contribution is 0.0542. The molecule has 0 aromatic rings. The van der Waals surface area contributed by atoms with Gasteiger partial charge in [-0.05, 0) is 25.7 Å². The van der Waals surface area contributed by atoms with Crippen LogP contribution in [0.3, 0.4) is 0 Å². The molecule has 2 aliphatic rings. The number of hydrogen-bond donors (Lipinski definition) is 1. The van der Waals surface area contributed by atoms with Crippen LogP contribution in [0.5, 0.6) is 0 Å². The van der Waals surface area contributed by atoms with Crippen LogP contribution in [0.25, 0.3) is 0 Å². The number of ether oxygens (including phenoxy) is 1. The summed E-state index contributed by atoms with van der Waals surface area (Å²) in [6.45, 7) is 4.23. The van der Waals surface area contributed by atoms with Crippen LogP contribution in [0.2, 0.25) is 0 Å². The summed E-state index contributed by atoms with van der Waals surface area (Å²) >= 11 is 0. The van der Waals surface area contributed by atoms with Crippen LogP contribution in [0.1, 0.15) is 25.7 Å². The van der Waals surface area contributed by atoms with Crippen molar-refractivity contribution in [2.45, 2.75) is 37.8 Å². The maximum absolute atomic E-state index is 5.64.